The van der Waals surface area contributed by atoms with Gasteiger partial charge in [0.2, 0.25) is 5.91 Å². The molecule has 0 atom stereocenters. The second-order valence-electron chi connectivity index (χ2n) is 4.49. The Labute approximate surface area is 128 Å². The summed E-state index contributed by atoms with van der Waals surface area (Å²) in [6.45, 7) is 2.49. The molecule has 0 aliphatic heterocycles. The predicted molar refractivity (Wildman–Crippen MR) is 85.6 cm³/mol. The number of benzene rings is 1. The lowest BCUT2D eigenvalue weighted by atomic mass is 10.3. The summed E-state index contributed by atoms with van der Waals surface area (Å²) in [5, 5.41) is 6.98. The first-order valence-electron chi connectivity index (χ1n) is 6.76. The molecule has 0 bridgehead atoms. The molecule has 0 fully saturated rings. The van der Waals surface area contributed by atoms with E-state index in [1.54, 1.807) is 16.4 Å². The Kier molecular flexibility index (Phi) is 5.68. The Morgan fingerprint density at radius 3 is 2.95 bits per heavy atom. The van der Waals surface area contributed by atoms with Gasteiger partial charge in [-0.25, -0.2) is 0 Å². The Hall–Kier alpha value is -1.95. The van der Waals surface area contributed by atoms with Gasteiger partial charge < -0.3 is 10.1 Å². The minimum Gasteiger partial charge on any atom is -0.492 e. The predicted octanol–water partition coefficient (Wildman–Crippen LogP) is 2.69. The van der Waals surface area contributed by atoms with Crippen molar-refractivity contribution in [2.75, 3.05) is 17.7 Å². The zero-order chi connectivity index (χ0) is 15.1. The van der Waals surface area contributed by atoms with Crippen molar-refractivity contribution in [2.24, 2.45) is 7.05 Å². The molecule has 2 aromatic rings. The molecule has 0 saturated carbocycles. The van der Waals surface area contributed by atoms with E-state index < -0.39 is 0 Å². The topological polar surface area (TPSA) is 56.1 Å². The molecule has 1 aromatic carbocycles. The first-order chi connectivity index (χ1) is 10.2. The number of hydrogen-bond donors (Lipinski definition) is 1. The van der Waals surface area contributed by atoms with E-state index in [-0.39, 0.29) is 5.91 Å². The quantitative estimate of drug-likeness (QED) is 0.854. The van der Waals surface area contributed by atoms with Crippen molar-refractivity contribution in [3.63, 3.8) is 0 Å². The van der Waals surface area contributed by atoms with Crippen LogP contribution in [0.3, 0.4) is 0 Å². The lowest BCUT2D eigenvalue weighted by Crippen LogP contribution is -2.15. The fraction of sp³-hybridized carbons (Fsp3) is 0.333. The molecule has 112 valence electrons. The van der Waals surface area contributed by atoms with Gasteiger partial charge in [-0.3, -0.25) is 9.48 Å². The zero-order valence-corrected chi connectivity index (χ0v) is 13.0. The Balaban J connectivity index is 1.81. The van der Waals surface area contributed by atoms with Gasteiger partial charge in [-0.05, 0) is 24.6 Å². The van der Waals surface area contributed by atoms with Crippen LogP contribution in [0.25, 0.3) is 0 Å². The van der Waals surface area contributed by atoms with Gasteiger partial charge >= 0.3 is 0 Å². The normalized spacial score (nSPS) is 10.4. The number of ether oxygens (including phenoxy) is 1. The van der Waals surface area contributed by atoms with Crippen LogP contribution < -0.4 is 10.1 Å². The fourth-order valence-electron chi connectivity index (χ4n) is 1.85. The third-order valence-electron chi connectivity index (χ3n) is 2.72. The molecule has 0 spiro atoms. The number of carbonyl (C=O) groups is 1. The van der Waals surface area contributed by atoms with Crippen LogP contribution in [-0.2, 0) is 17.6 Å². The van der Waals surface area contributed by atoms with Gasteiger partial charge in [-0.15, -0.1) is 11.8 Å². The van der Waals surface area contributed by atoms with Crippen molar-refractivity contribution in [2.45, 2.75) is 12.7 Å². The van der Waals surface area contributed by atoms with Crippen molar-refractivity contribution in [1.29, 1.82) is 0 Å². The van der Waals surface area contributed by atoms with E-state index in [1.807, 2.05) is 50.6 Å². The second-order valence-corrected chi connectivity index (χ2v) is 5.48. The number of carbonyl (C=O) groups excluding carboxylic acids is 1. The van der Waals surface area contributed by atoms with E-state index in [2.05, 4.69) is 10.4 Å². The Morgan fingerprint density at radius 1 is 1.43 bits per heavy atom. The molecule has 21 heavy (non-hydrogen) atoms. The highest BCUT2D eigenvalue weighted by Crippen LogP contribution is 2.24. The average Bonchev–Trinajstić information content (AvgIpc) is 2.87. The van der Waals surface area contributed by atoms with Gasteiger partial charge in [0, 0.05) is 19.0 Å². The second kappa shape index (κ2) is 7.73. The van der Waals surface area contributed by atoms with Crippen LogP contribution in [0.1, 0.15) is 12.5 Å². The summed E-state index contributed by atoms with van der Waals surface area (Å²) in [7, 11) is 1.88. The Bertz CT molecular complexity index is 598. The van der Waals surface area contributed by atoms with Gasteiger partial charge in [-0.1, -0.05) is 12.1 Å². The zero-order valence-electron chi connectivity index (χ0n) is 12.2. The molecule has 1 heterocycles. The van der Waals surface area contributed by atoms with Crippen molar-refractivity contribution < 1.29 is 9.53 Å². The molecule has 0 unspecified atom stereocenters. The minimum atomic E-state index is -0.0314. The number of nitrogens with one attached hydrogen (secondary N) is 1. The number of thioether (sulfide) groups is 1. The largest absolute Gasteiger partial charge is 0.492 e. The SMILES string of the molecule is CCOc1ccccc1NC(=O)CSCc1cnn(C)c1. The molecule has 0 saturated heterocycles. The van der Waals surface area contributed by atoms with Crippen molar-refractivity contribution in [3.8, 4) is 5.75 Å². The van der Waals surface area contributed by atoms with E-state index >= 15 is 0 Å². The van der Waals surface area contributed by atoms with Gasteiger partial charge in [-0.2, -0.15) is 5.10 Å². The summed E-state index contributed by atoms with van der Waals surface area (Å²) in [6, 6.07) is 7.45. The highest BCUT2D eigenvalue weighted by Gasteiger charge is 2.07. The van der Waals surface area contributed by atoms with Crippen LogP contribution in [0.5, 0.6) is 5.75 Å². The number of anilines is 1. The number of amides is 1. The van der Waals surface area contributed by atoms with E-state index in [0.29, 0.717) is 23.8 Å². The third-order valence-corrected chi connectivity index (χ3v) is 3.72. The molecule has 1 amide bonds. The lowest BCUT2D eigenvalue weighted by Gasteiger charge is -2.10. The maximum atomic E-state index is 12.0. The molecule has 2 rings (SSSR count). The number of aromatic nitrogens is 2. The molecule has 0 radical (unpaired) electrons. The number of nitrogens with zero attached hydrogens (tertiary/aromatic N) is 2. The number of rotatable bonds is 7. The van der Waals surface area contributed by atoms with Gasteiger partial charge in [0.25, 0.3) is 0 Å². The van der Waals surface area contributed by atoms with E-state index in [4.69, 9.17) is 4.74 Å². The molecular formula is C15H19N3O2S. The highest BCUT2D eigenvalue weighted by molar-refractivity contribution is 7.99. The van der Waals surface area contributed by atoms with E-state index in [0.717, 1.165) is 11.3 Å². The summed E-state index contributed by atoms with van der Waals surface area (Å²) in [6.07, 6.45) is 3.77. The molecule has 1 aromatic heterocycles. The van der Waals surface area contributed by atoms with E-state index in [9.17, 15) is 4.79 Å². The summed E-state index contributed by atoms with van der Waals surface area (Å²) < 4.78 is 7.24. The standard InChI is InChI=1S/C15H19N3O2S/c1-3-20-14-7-5-4-6-13(14)17-15(19)11-21-10-12-8-16-18(2)9-12/h4-9H,3,10-11H2,1-2H3,(H,17,19). The van der Waals surface area contributed by atoms with Crippen LogP contribution in [0, 0.1) is 0 Å². The number of hydrogen-bond acceptors (Lipinski definition) is 4. The number of aryl methyl sites for hydroxylation is 1. The first-order valence-corrected chi connectivity index (χ1v) is 7.91. The lowest BCUT2D eigenvalue weighted by molar-refractivity contribution is -0.113. The summed E-state index contributed by atoms with van der Waals surface area (Å²) in [4.78, 5) is 12.0. The van der Waals surface area contributed by atoms with E-state index in [1.165, 1.54) is 0 Å². The van der Waals surface area contributed by atoms with Gasteiger partial charge in [0.1, 0.15) is 5.75 Å². The third kappa shape index (κ3) is 4.82. The Morgan fingerprint density at radius 2 is 2.24 bits per heavy atom. The first kappa shape index (κ1) is 15.4. The average molecular weight is 305 g/mol. The van der Waals surface area contributed by atoms with Crippen molar-refractivity contribution in [1.82, 2.24) is 9.78 Å². The maximum absolute atomic E-state index is 12.0. The molecular weight excluding hydrogens is 286 g/mol. The summed E-state index contributed by atoms with van der Waals surface area (Å²) >= 11 is 1.56. The smallest absolute Gasteiger partial charge is 0.234 e. The van der Waals surface area contributed by atoms with Crippen LogP contribution in [-0.4, -0.2) is 28.0 Å². The minimum absolute atomic E-state index is 0.0314. The summed E-state index contributed by atoms with van der Waals surface area (Å²) in [5.74, 6) is 1.84. The fourth-order valence-corrected chi connectivity index (χ4v) is 2.59. The van der Waals surface area contributed by atoms with Crippen molar-refractivity contribution >= 4 is 23.4 Å². The van der Waals surface area contributed by atoms with Crippen LogP contribution in [0.4, 0.5) is 5.69 Å². The summed E-state index contributed by atoms with van der Waals surface area (Å²) in [5.41, 5.74) is 1.83. The monoisotopic (exact) mass is 305 g/mol. The van der Waals surface area contributed by atoms with Crippen molar-refractivity contribution in [3.05, 3.63) is 42.2 Å². The van der Waals surface area contributed by atoms with Crippen LogP contribution in [0.15, 0.2) is 36.7 Å². The van der Waals surface area contributed by atoms with Gasteiger partial charge in [0.15, 0.2) is 0 Å². The molecule has 1 N–H and O–H groups in total. The molecule has 5 nitrogen and oxygen atoms in total. The van der Waals surface area contributed by atoms with Gasteiger partial charge in [0.05, 0.1) is 24.2 Å². The highest BCUT2D eigenvalue weighted by atomic mass is 32.2. The number of para-hydroxylation sites is 2. The molecule has 0 aliphatic carbocycles. The van der Waals surface area contributed by atoms with Crippen LogP contribution >= 0.6 is 11.8 Å². The molecule has 6 heteroatoms. The molecule has 0 aliphatic rings. The maximum Gasteiger partial charge on any atom is 0.234 e. The van der Waals surface area contributed by atoms with Crippen LogP contribution in [0.2, 0.25) is 0 Å².